The van der Waals surface area contributed by atoms with Crippen molar-refractivity contribution in [3.05, 3.63) is 60.2 Å². The van der Waals surface area contributed by atoms with Gasteiger partial charge in [0.15, 0.2) is 0 Å². The van der Waals surface area contributed by atoms with Crippen LogP contribution < -0.4 is 10.1 Å². The van der Waals surface area contributed by atoms with Crippen LogP contribution >= 0.6 is 0 Å². The Balaban J connectivity index is 1.56. The average Bonchev–Trinajstić information content (AvgIpc) is 2.69. The van der Waals surface area contributed by atoms with Crippen LogP contribution in [0.25, 0.3) is 0 Å². The second-order valence-corrected chi connectivity index (χ2v) is 6.05. The first-order valence-electron chi connectivity index (χ1n) is 8.82. The van der Waals surface area contributed by atoms with E-state index < -0.39 is 0 Å². The van der Waals surface area contributed by atoms with Crippen LogP contribution in [0.3, 0.4) is 0 Å². The quantitative estimate of drug-likeness (QED) is 0.919. The van der Waals surface area contributed by atoms with Gasteiger partial charge in [0.2, 0.25) is 0 Å². The molecule has 0 spiro atoms. The van der Waals surface area contributed by atoms with Gasteiger partial charge in [0.05, 0.1) is 0 Å². The van der Waals surface area contributed by atoms with Crippen LogP contribution in [-0.2, 0) is 0 Å². The van der Waals surface area contributed by atoms with Gasteiger partial charge in [-0.05, 0) is 43.3 Å². The fourth-order valence-corrected chi connectivity index (χ4v) is 2.85. The van der Waals surface area contributed by atoms with E-state index in [4.69, 9.17) is 4.74 Å². The van der Waals surface area contributed by atoms with Crippen LogP contribution in [0.15, 0.2) is 54.6 Å². The Morgan fingerprint density at radius 1 is 0.885 bits per heavy atom. The van der Waals surface area contributed by atoms with Gasteiger partial charge in [-0.3, -0.25) is 4.79 Å². The fraction of sp³-hybridized carbons (Fsp3) is 0.300. The number of hydrogen-bond donors (Lipinski definition) is 1. The smallest absolute Gasteiger partial charge is 0.317 e. The Bertz CT molecular complexity index is 739. The second-order valence-electron chi connectivity index (χ2n) is 6.05. The minimum atomic E-state index is -0.0676. The maximum Gasteiger partial charge on any atom is 0.317 e. The normalized spacial score (nSPS) is 14.0. The molecule has 1 saturated heterocycles. The molecule has 1 fully saturated rings. The number of para-hydroxylation sites is 1. The highest BCUT2D eigenvalue weighted by Gasteiger charge is 2.24. The van der Waals surface area contributed by atoms with E-state index >= 15 is 0 Å². The molecular weight excluding hydrogens is 330 g/mol. The summed E-state index contributed by atoms with van der Waals surface area (Å²) in [5.74, 6) is 1.42. The van der Waals surface area contributed by atoms with Crippen LogP contribution in [0.4, 0.5) is 4.79 Å². The van der Waals surface area contributed by atoms with Crippen LogP contribution in [0.5, 0.6) is 11.5 Å². The third kappa shape index (κ3) is 4.33. The van der Waals surface area contributed by atoms with E-state index in [-0.39, 0.29) is 11.9 Å². The van der Waals surface area contributed by atoms with Gasteiger partial charge in [-0.25, -0.2) is 4.79 Å². The highest BCUT2D eigenvalue weighted by Crippen LogP contribution is 2.21. The summed E-state index contributed by atoms with van der Waals surface area (Å²) in [4.78, 5) is 28.0. The van der Waals surface area contributed by atoms with Gasteiger partial charge >= 0.3 is 6.03 Å². The maximum atomic E-state index is 12.6. The molecule has 1 aliphatic rings. The molecule has 3 amide bonds. The van der Waals surface area contributed by atoms with E-state index in [2.05, 4.69) is 5.32 Å². The number of ether oxygens (including phenoxy) is 1. The molecule has 2 aromatic carbocycles. The van der Waals surface area contributed by atoms with Crippen molar-refractivity contribution >= 4 is 11.9 Å². The van der Waals surface area contributed by atoms with E-state index in [1.165, 1.54) is 0 Å². The summed E-state index contributed by atoms with van der Waals surface area (Å²) in [5, 5.41) is 2.79. The predicted molar refractivity (Wildman–Crippen MR) is 99.5 cm³/mol. The molecule has 0 aliphatic carbocycles. The molecule has 1 aliphatic heterocycles. The lowest BCUT2D eigenvalue weighted by atomic mass is 10.1. The maximum absolute atomic E-state index is 12.6. The Labute approximate surface area is 153 Å². The third-order valence-corrected chi connectivity index (χ3v) is 4.26. The molecule has 0 radical (unpaired) electrons. The minimum absolute atomic E-state index is 0.0215. The van der Waals surface area contributed by atoms with Gasteiger partial charge in [0, 0.05) is 38.3 Å². The molecule has 0 aromatic heterocycles. The topological polar surface area (TPSA) is 61.9 Å². The zero-order valence-electron chi connectivity index (χ0n) is 14.9. The van der Waals surface area contributed by atoms with Crippen molar-refractivity contribution in [3.8, 4) is 11.5 Å². The zero-order valence-corrected chi connectivity index (χ0v) is 14.9. The number of amides is 3. The molecule has 26 heavy (non-hydrogen) atoms. The largest absolute Gasteiger partial charge is 0.457 e. The Hall–Kier alpha value is -3.02. The number of hydrogen-bond acceptors (Lipinski definition) is 3. The van der Waals surface area contributed by atoms with Crippen LogP contribution in [-0.4, -0.2) is 54.5 Å². The van der Waals surface area contributed by atoms with Gasteiger partial charge < -0.3 is 19.9 Å². The number of nitrogens with one attached hydrogen (secondary N) is 1. The summed E-state index contributed by atoms with van der Waals surface area (Å²) < 4.78 is 5.75. The van der Waals surface area contributed by atoms with E-state index in [9.17, 15) is 9.59 Å². The SMILES string of the molecule is CCNC(=O)N1CCN(C(=O)c2ccc(Oc3ccccc3)cc2)CC1. The first-order valence-corrected chi connectivity index (χ1v) is 8.82. The van der Waals surface area contributed by atoms with Gasteiger partial charge in [-0.2, -0.15) is 0 Å². The first-order chi connectivity index (χ1) is 12.7. The standard InChI is InChI=1S/C20H23N3O3/c1-2-21-20(25)23-14-12-22(13-15-23)19(24)16-8-10-18(11-9-16)26-17-6-4-3-5-7-17/h3-11H,2,12-15H2,1H3,(H,21,25). The zero-order chi connectivity index (χ0) is 18.4. The molecule has 136 valence electrons. The van der Waals surface area contributed by atoms with E-state index in [1.54, 1.807) is 34.1 Å². The number of piperazine rings is 1. The van der Waals surface area contributed by atoms with Gasteiger partial charge in [-0.1, -0.05) is 18.2 Å². The molecular formula is C20H23N3O3. The lowest BCUT2D eigenvalue weighted by Crippen LogP contribution is -2.53. The van der Waals surface area contributed by atoms with E-state index in [0.717, 1.165) is 5.75 Å². The summed E-state index contributed by atoms with van der Waals surface area (Å²) in [6.07, 6.45) is 0. The summed E-state index contributed by atoms with van der Waals surface area (Å²) in [6.45, 7) is 4.67. The predicted octanol–water partition coefficient (Wildman–Crippen LogP) is 2.97. The summed E-state index contributed by atoms with van der Waals surface area (Å²) in [7, 11) is 0. The molecule has 3 rings (SSSR count). The molecule has 1 N–H and O–H groups in total. The first kappa shape index (κ1) is 17.8. The summed E-state index contributed by atoms with van der Waals surface area (Å²) >= 11 is 0. The van der Waals surface area contributed by atoms with Crippen molar-refractivity contribution in [2.75, 3.05) is 32.7 Å². The molecule has 0 bridgehead atoms. The second kappa shape index (κ2) is 8.38. The molecule has 0 saturated carbocycles. The lowest BCUT2D eigenvalue weighted by molar-refractivity contribution is 0.0665. The highest BCUT2D eigenvalue weighted by molar-refractivity contribution is 5.94. The number of carbonyl (C=O) groups excluding carboxylic acids is 2. The van der Waals surface area contributed by atoms with Crippen molar-refractivity contribution in [3.63, 3.8) is 0 Å². The lowest BCUT2D eigenvalue weighted by Gasteiger charge is -2.34. The summed E-state index contributed by atoms with van der Waals surface area (Å²) in [5.41, 5.74) is 0.622. The highest BCUT2D eigenvalue weighted by atomic mass is 16.5. The number of nitrogens with zero attached hydrogens (tertiary/aromatic N) is 2. The van der Waals surface area contributed by atoms with Crippen LogP contribution in [0, 0.1) is 0 Å². The summed E-state index contributed by atoms with van der Waals surface area (Å²) in [6, 6.07) is 16.6. The molecule has 6 nitrogen and oxygen atoms in total. The molecule has 6 heteroatoms. The van der Waals surface area contributed by atoms with E-state index in [1.807, 2.05) is 37.3 Å². The molecule has 1 heterocycles. The number of carbonyl (C=O) groups is 2. The van der Waals surface area contributed by atoms with Gasteiger partial charge in [-0.15, -0.1) is 0 Å². The molecule has 0 unspecified atom stereocenters. The van der Waals surface area contributed by atoms with Crippen molar-refractivity contribution in [1.29, 1.82) is 0 Å². The fourth-order valence-electron chi connectivity index (χ4n) is 2.85. The van der Waals surface area contributed by atoms with E-state index in [0.29, 0.717) is 44.0 Å². The minimum Gasteiger partial charge on any atom is -0.457 e. The van der Waals surface area contributed by atoms with Crippen LogP contribution in [0.1, 0.15) is 17.3 Å². The van der Waals surface area contributed by atoms with Crippen molar-refractivity contribution in [2.45, 2.75) is 6.92 Å². The van der Waals surface area contributed by atoms with Crippen LogP contribution in [0.2, 0.25) is 0 Å². The Morgan fingerprint density at radius 3 is 2.08 bits per heavy atom. The van der Waals surface area contributed by atoms with Gasteiger partial charge in [0.1, 0.15) is 11.5 Å². The Morgan fingerprint density at radius 2 is 1.46 bits per heavy atom. The molecule has 2 aromatic rings. The number of benzene rings is 2. The molecule has 0 atom stereocenters. The number of rotatable bonds is 4. The monoisotopic (exact) mass is 353 g/mol. The van der Waals surface area contributed by atoms with Crippen molar-refractivity contribution in [1.82, 2.24) is 15.1 Å². The average molecular weight is 353 g/mol. The number of urea groups is 1. The van der Waals surface area contributed by atoms with Crippen molar-refractivity contribution in [2.24, 2.45) is 0 Å². The van der Waals surface area contributed by atoms with Gasteiger partial charge in [0.25, 0.3) is 5.91 Å². The van der Waals surface area contributed by atoms with Crippen molar-refractivity contribution < 1.29 is 14.3 Å². The third-order valence-electron chi connectivity index (χ3n) is 4.26. The Kier molecular flexibility index (Phi) is 5.73.